The van der Waals surface area contributed by atoms with Crippen molar-refractivity contribution in [2.24, 2.45) is 0 Å². The average molecular weight is 253 g/mol. The van der Waals surface area contributed by atoms with Crippen LogP contribution in [0.5, 0.6) is 0 Å². The fraction of sp³-hybridized carbons (Fsp3) is 0.882. The van der Waals surface area contributed by atoms with E-state index in [2.05, 4.69) is 12.8 Å². The molecule has 0 atom stereocenters. The lowest BCUT2D eigenvalue weighted by atomic mass is 10.1. The molecule has 0 aromatic heterocycles. The van der Waals surface area contributed by atoms with Gasteiger partial charge in [-0.05, 0) is 27.6 Å². The fourth-order valence-corrected chi connectivity index (χ4v) is 1.71. The van der Waals surface area contributed by atoms with Crippen LogP contribution in [0.2, 0.25) is 0 Å². The van der Waals surface area contributed by atoms with Gasteiger partial charge in [-0.15, -0.1) is 12.3 Å². The lowest BCUT2D eigenvalue weighted by Gasteiger charge is -2.00. The zero-order chi connectivity index (χ0) is 14.1. The van der Waals surface area contributed by atoms with Crippen LogP contribution in [0.1, 0.15) is 77.6 Å². The van der Waals surface area contributed by atoms with Crippen LogP contribution in [0.4, 0.5) is 0 Å². The molecule has 0 fully saturated rings. The summed E-state index contributed by atoms with van der Waals surface area (Å²) in [7, 11) is 6.00. The number of terminal acetylenes is 1. The van der Waals surface area contributed by atoms with Crippen LogP contribution in [0.25, 0.3) is 0 Å². The van der Waals surface area contributed by atoms with Crippen LogP contribution in [0.15, 0.2) is 0 Å². The molecule has 0 unspecified atom stereocenters. The van der Waals surface area contributed by atoms with Crippen molar-refractivity contribution < 1.29 is 0 Å². The minimum absolute atomic E-state index is 0.969. The van der Waals surface area contributed by atoms with Crippen LogP contribution in [-0.2, 0) is 0 Å². The molecule has 0 radical (unpaired) electrons. The topological polar surface area (TPSA) is 3.24 Å². The van der Waals surface area contributed by atoms with Gasteiger partial charge in [0.2, 0.25) is 0 Å². The summed E-state index contributed by atoms with van der Waals surface area (Å²) in [5.41, 5.74) is 0. The minimum atomic E-state index is 0.969. The first-order valence-corrected chi connectivity index (χ1v) is 7.69. The zero-order valence-corrected chi connectivity index (χ0v) is 13.3. The Balaban J connectivity index is 0. The maximum Gasteiger partial charge on any atom is 0.00860 e. The normalized spacial score (nSPS) is 9.78. The predicted molar refractivity (Wildman–Crippen MR) is 84.9 cm³/mol. The van der Waals surface area contributed by atoms with E-state index in [1.165, 1.54) is 64.2 Å². The monoisotopic (exact) mass is 253 g/mol. The van der Waals surface area contributed by atoms with Crippen molar-refractivity contribution >= 4 is 0 Å². The van der Waals surface area contributed by atoms with E-state index in [1.54, 1.807) is 0 Å². The van der Waals surface area contributed by atoms with E-state index in [9.17, 15) is 0 Å². The summed E-state index contributed by atoms with van der Waals surface area (Å²) in [5.74, 6) is 2.69. The quantitative estimate of drug-likeness (QED) is 0.386. The number of nitrogens with zero attached hydrogens (tertiary/aromatic N) is 1. The number of rotatable bonds is 10. The minimum Gasteiger partial charge on any atom is -0.312 e. The van der Waals surface area contributed by atoms with Gasteiger partial charge in [0.1, 0.15) is 0 Å². The van der Waals surface area contributed by atoms with E-state index in [1.807, 2.05) is 26.0 Å². The van der Waals surface area contributed by atoms with Crippen molar-refractivity contribution in [2.75, 3.05) is 21.1 Å². The highest BCUT2D eigenvalue weighted by Crippen LogP contribution is 2.10. The molecule has 0 aliphatic carbocycles. The Kier molecular flexibility index (Phi) is 20.8. The van der Waals surface area contributed by atoms with Crippen LogP contribution >= 0.6 is 0 Å². The van der Waals surface area contributed by atoms with Gasteiger partial charge >= 0.3 is 0 Å². The van der Waals surface area contributed by atoms with Gasteiger partial charge in [-0.25, -0.2) is 0 Å². The summed E-state index contributed by atoms with van der Waals surface area (Å²) in [6, 6.07) is 0. The fourth-order valence-electron chi connectivity index (χ4n) is 1.71. The Morgan fingerprint density at radius 2 is 1.06 bits per heavy atom. The number of unbranched alkanes of at least 4 members (excludes halogenated alkanes) is 10. The van der Waals surface area contributed by atoms with Gasteiger partial charge in [-0.2, -0.15) is 0 Å². The molecule has 0 aromatic rings. The largest absolute Gasteiger partial charge is 0.312 e. The van der Waals surface area contributed by atoms with Gasteiger partial charge in [0.15, 0.2) is 0 Å². The molecule has 108 valence electrons. The second-order valence-corrected chi connectivity index (χ2v) is 5.48. The summed E-state index contributed by atoms with van der Waals surface area (Å²) in [6.07, 6.45) is 20.0. The van der Waals surface area contributed by atoms with Crippen LogP contribution < -0.4 is 0 Å². The molecule has 0 aliphatic heterocycles. The van der Waals surface area contributed by atoms with Gasteiger partial charge < -0.3 is 4.90 Å². The van der Waals surface area contributed by atoms with E-state index in [0.29, 0.717) is 0 Å². The lowest BCUT2D eigenvalue weighted by molar-refractivity contribution is 0.505. The third-order valence-corrected chi connectivity index (χ3v) is 2.67. The Morgan fingerprint density at radius 3 is 1.39 bits per heavy atom. The smallest absolute Gasteiger partial charge is 0.00860 e. The maximum atomic E-state index is 5.19. The molecule has 0 spiro atoms. The highest BCUT2D eigenvalue weighted by Gasteiger charge is 1.91. The van der Waals surface area contributed by atoms with Crippen molar-refractivity contribution in [1.82, 2.24) is 4.90 Å². The van der Waals surface area contributed by atoms with Crippen molar-refractivity contribution in [2.45, 2.75) is 77.6 Å². The molecule has 0 bridgehead atoms. The number of hydrogen-bond donors (Lipinski definition) is 0. The molecule has 0 amide bonds. The highest BCUT2D eigenvalue weighted by atomic mass is 15.0. The second kappa shape index (κ2) is 18.9. The van der Waals surface area contributed by atoms with Crippen molar-refractivity contribution in [1.29, 1.82) is 0 Å². The molecular formula is C17H35N. The van der Waals surface area contributed by atoms with E-state index >= 15 is 0 Å². The Bertz CT molecular complexity index is 164. The second-order valence-electron chi connectivity index (χ2n) is 5.48. The molecule has 0 saturated heterocycles. The average Bonchev–Trinajstić information content (AvgIpc) is 2.31. The van der Waals surface area contributed by atoms with Gasteiger partial charge in [0.05, 0.1) is 0 Å². The van der Waals surface area contributed by atoms with E-state index in [4.69, 9.17) is 6.42 Å². The Labute approximate surface area is 116 Å². The third-order valence-electron chi connectivity index (χ3n) is 2.67. The molecule has 0 rings (SSSR count). The van der Waals surface area contributed by atoms with E-state index in [0.717, 1.165) is 6.42 Å². The maximum absolute atomic E-state index is 5.19. The Hall–Kier alpha value is -0.480. The standard InChI is InChI=1S/C14H26.C3H9N/c1-3-5-7-9-11-13-14-12-10-8-6-4-2;1-4(2)3/h1H,4-14H2,2H3;1-3H3. The van der Waals surface area contributed by atoms with Gasteiger partial charge in [0, 0.05) is 6.42 Å². The van der Waals surface area contributed by atoms with Crippen LogP contribution in [0, 0.1) is 12.3 Å². The summed E-state index contributed by atoms with van der Waals surface area (Å²) < 4.78 is 0. The molecular weight excluding hydrogens is 218 g/mol. The first kappa shape index (κ1) is 19.9. The molecule has 0 aliphatic rings. The lowest BCUT2D eigenvalue weighted by Crippen LogP contribution is -1.99. The molecule has 0 heterocycles. The van der Waals surface area contributed by atoms with Gasteiger partial charge in [-0.3, -0.25) is 0 Å². The molecule has 0 N–H and O–H groups in total. The van der Waals surface area contributed by atoms with Crippen molar-refractivity contribution in [3.63, 3.8) is 0 Å². The van der Waals surface area contributed by atoms with Crippen molar-refractivity contribution in [3.05, 3.63) is 0 Å². The first-order chi connectivity index (χ1) is 8.65. The number of hydrogen-bond acceptors (Lipinski definition) is 1. The summed E-state index contributed by atoms with van der Waals surface area (Å²) in [4.78, 5) is 2.00. The van der Waals surface area contributed by atoms with E-state index < -0.39 is 0 Å². The molecule has 0 aromatic carbocycles. The molecule has 1 heteroatoms. The van der Waals surface area contributed by atoms with Gasteiger partial charge in [0.25, 0.3) is 0 Å². The SMILES string of the molecule is C#CCCCCCCCCCCCC.CN(C)C. The summed E-state index contributed by atoms with van der Waals surface area (Å²) in [5, 5.41) is 0. The van der Waals surface area contributed by atoms with Crippen molar-refractivity contribution in [3.8, 4) is 12.3 Å². The third kappa shape index (κ3) is 29.6. The Morgan fingerprint density at radius 1 is 0.722 bits per heavy atom. The highest BCUT2D eigenvalue weighted by molar-refractivity contribution is 4.82. The van der Waals surface area contributed by atoms with Gasteiger partial charge in [-0.1, -0.05) is 64.7 Å². The zero-order valence-electron chi connectivity index (χ0n) is 13.3. The summed E-state index contributed by atoms with van der Waals surface area (Å²) >= 11 is 0. The molecule has 1 nitrogen and oxygen atoms in total. The predicted octanol–water partition coefficient (Wildman–Crippen LogP) is 5.11. The van der Waals surface area contributed by atoms with Crippen LogP contribution in [0.3, 0.4) is 0 Å². The van der Waals surface area contributed by atoms with E-state index in [-0.39, 0.29) is 0 Å². The molecule has 0 saturated carbocycles. The van der Waals surface area contributed by atoms with Crippen LogP contribution in [-0.4, -0.2) is 26.0 Å². The first-order valence-electron chi connectivity index (χ1n) is 7.69. The molecule has 18 heavy (non-hydrogen) atoms. The summed E-state index contributed by atoms with van der Waals surface area (Å²) in [6.45, 7) is 2.27.